The van der Waals surface area contributed by atoms with Gasteiger partial charge in [0.15, 0.2) is 11.3 Å². The summed E-state index contributed by atoms with van der Waals surface area (Å²) in [4.78, 5) is 41.8. The number of fused-ring (bicyclic) bond motifs is 1. The van der Waals surface area contributed by atoms with Crippen LogP contribution in [0, 0.1) is 0 Å². The predicted octanol–water partition coefficient (Wildman–Crippen LogP) is 2.67. The molecule has 0 aliphatic heterocycles. The first-order valence-electron chi connectivity index (χ1n) is 11.4. The minimum absolute atomic E-state index is 0.00134. The number of esters is 2. The molecule has 0 radical (unpaired) electrons. The first-order chi connectivity index (χ1) is 19.0. The minimum atomic E-state index is -4.05. The quantitative estimate of drug-likeness (QED) is 0.104. The van der Waals surface area contributed by atoms with E-state index in [4.69, 9.17) is 33.8 Å². The van der Waals surface area contributed by atoms with Crippen LogP contribution in [-0.4, -0.2) is 64.8 Å². The molecule has 0 fully saturated rings. The van der Waals surface area contributed by atoms with Crippen molar-refractivity contribution in [3.63, 3.8) is 0 Å². The number of carbonyl (C=O) groups is 2. The summed E-state index contributed by atoms with van der Waals surface area (Å²) in [6.07, 6.45) is 2.09. The molecule has 2 N–H and O–H groups in total. The molecule has 14 nitrogen and oxygen atoms in total. The Balaban J connectivity index is 1.28. The third kappa shape index (κ3) is 7.82. The summed E-state index contributed by atoms with van der Waals surface area (Å²) in [7, 11) is -4.05. The van der Waals surface area contributed by atoms with E-state index < -0.39 is 39.5 Å². The summed E-state index contributed by atoms with van der Waals surface area (Å²) in [5.41, 5.74) is 7.04. The second-order valence-electron chi connectivity index (χ2n) is 7.57. The first-order valence-corrected chi connectivity index (χ1v) is 13.1. The molecule has 15 heteroatoms. The van der Waals surface area contributed by atoms with Crippen LogP contribution < -0.4 is 10.6 Å². The van der Waals surface area contributed by atoms with Crippen LogP contribution in [0.15, 0.2) is 73.3 Å². The largest absolute Gasteiger partial charge is 0.434 e. The van der Waals surface area contributed by atoms with Gasteiger partial charge >= 0.3 is 19.5 Å². The Morgan fingerprint density at radius 1 is 0.821 bits per heavy atom. The molecule has 4 rings (SSSR count). The van der Waals surface area contributed by atoms with Gasteiger partial charge in [-0.25, -0.2) is 24.5 Å². The van der Waals surface area contributed by atoms with E-state index in [9.17, 15) is 14.2 Å². The fraction of sp³-hybridized carbons (Fsp3) is 0.208. The lowest BCUT2D eigenvalue weighted by molar-refractivity contribution is -0.0149. The topological polar surface area (TPSA) is 176 Å². The second-order valence-corrected chi connectivity index (χ2v) is 9.57. The average molecular weight is 557 g/mol. The highest BCUT2D eigenvalue weighted by molar-refractivity contribution is 7.53. The summed E-state index contributed by atoms with van der Waals surface area (Å²) >= 11 is 0. The van der Waals surface area contributed by atoms with Gasteiger partial charge in [-0.3, -0.25) is 13.6 Å². The van der Waals surface area contributed by atoms with Crippen molar-refractivity contribution in [2.75, 3.05) is 38.9 Å². The van der Waals surface area contributed by atoms with Crippen LogP contribution in [0.3, 0.4) is 0 Å². The number of anilines is 1. The Morgan fingerprint density at radius 3 is 2.00 bits per heavy atom. The van der Waals surface area contributed by atoms with Crippen molar-refractivity contribution in [3.05, 3.63) is 84.4 Å². The zero-order valence-electron chi connectivity index (χ0n) is 20.5. The highest BCUT2D eigenvalue weighted by atomic mass is 31.2. The molecule has 0 bridgehead atoms. The van der Waals surface area contributed by atoms with E-state index in [1.165, 1.54) is 17.4 Å². The molecule has 0 saturated heterocycles. The molecule has 0 aliphatic carbocycles. The maximum absolute atomic E-state index is 13.2. The minimum Gasteiger partial charge on any atom is -0.434 e. The van der Waals surface area contributed by atoms with E-state index in [1.54, 1.807) is 60.7 Å². The third-order valence-corrected chi connectivity index (χ3v) is 6.43. The average Bonchev–Trinajstić information content (AvgIpc) is 3.38. The summed E-state index contributed by atoms with van der Waals surface area (Å²) in [6, 6.07) is 16.3. The van der Waals surface area contributed by atoms with Crippen molar-refractivity contribution in [1.82, 2.24) is 19.7 Å². The molecular formula is C24H24N5O9P. The highest BCUT2D eigenvalue weighted by Gasteiger charge is 2.27. The lowest BCUT2D eigenvalue weighted by Gasteiger charge is -2.18. The molecule has 0 aliphatic rings. The van der Waals surface area contributed by atoms with Crippen molar-refractivity contribution in [3.8, 4) is 0 Å². The zero-order chi connectivity index (χ0) is 27.5. The standard InChI is InChI=1S/C24H24N5O9P/c25-21-20-22(27-13-26-21)29(14-28-20)36-12-11-33-17-39(32,37-15-34-23(30)18-7-3-1-4-8-18)38-16-35-24(31)19-9-5-2-6-10-19/h1-10,13-14H,11-12,15-17H2,(H2,25,26,27). The molecule has 0 unspecified atom stereocenters. The fourth-order valence-electron chi connectivity index (χ4n) is 3.05. The third-order valence-electron chi connectivity index (χ3n) is 4.94. The molecule has 0 saturated carbocycles. The predicted molar refractivity (Wildman–Crippen MR) is 135 cm³/mol. The van der Waals surface area contributed by atoms with Gasteiger partial charge in [0, 0.05) is 0 Å². The van der Waals surface area contributed by atoms with Crippen LogP contribution in [0.25, 0.3) is 11.2 Å². The number of carbonyl (C=O) groups excluding carboxylic acids is 2. The molecular weight excluding hydrogens is 533 g/mol. The molecule has 204 valence electrons. The number of nitrogens with zero attached hydrogens (tertiary/aromatic N) is 4. The summed E-state index contributed by atoms with van der Waals surface area (Å²) in [6.45, 7) is -1.44. The Morgan fingerprint density at radius 2 is 1.41 bits per heavy atom. The smallest absolute Gasteiger partial charge is 0.361 e. The van der Waals surface area contributed by atoms with E-state index in [1.807, 2.05) is 0 Å². The van der Waals surface area contributed by atoms with E-state index in [-0.39, 0.29) is 30.2 Å². The molecule has 39 heavy (non-hydrogen) atoms. The lowest BCUT2D eigenvalue weighted by atomic mass is 10.2. The Kier molecular flexibility index (Phi) is 9.53. The normalized spacial score (nSPS) is 11.3. The maximum Gasteiger partial charge on any atom is 0.361 e. The molecule has 0 spiro atoms. The van der Waals surface area contributed by atoms with Crippen molar-refractivity contribution in [2.24, 2.45) is 0 Å². The van der Waals surface area contributed by atoms with Gasteiger partial charge in [0.1, 0.15) is 25.6 Å². The number of aromatic nitrogens is 4. The molecule has 2 aromatic heterocycles. The zero-order valence-corrected chi connectivity index (χ0v) is 21.3. The van der Waals surface area contributed by atoms with E-state index in [0.29, 0.717) is 11.2 Å². The SMILES string of the molecule is Nc1ncnc2c1ncn2OCCOCP(=O)(OCOC(=O)c1ccccc1)OCOC(=O)c1ccccc1. The molecule has 4 aromatic rings. The van der Waals surface area contributed by atoms with Gasteiger partial charge in [0.05, 0.1) is 17.7 Å². The summed E-state index contributed by atoms with van der Waals surface area (Å²) in [5, 5.41) is 0. The van der Waals surface area contributed by atoms with Crippen molar-refractivity contribution in [2.45, 2.75) is 0 Å². The van der Waals surface area contributed by atoms with Gasteiger partial charge in [-0.05, 0) is 24.3 Å². The maximum atomic E-state index is 13.2. The monoisotopic (exact) mass is 557 g/mol. The summed E-state index contributed by atoms with van der Waals surface area (Å²) < 4.78 is 40.4. The Labute approximate surface area is 222 Å². The number of nitrogens with two attached hydrogens (primary N) is 1. The van der Waals surface area contributed by atoms with Crippen molar-refractivity contribution < 1.29 is 42.2 Å². The molecule has 2 aromatic carbocycles. The van der Waals surface area contributed by atoms with Gasteiger partial charge in [0.25, 0.3) is 0 Å². The number of hydrogen-bond donors (Lipinski definition) is 1. The van der Waals surface area contributed by atoms with Gasteiger partial charge in [0.2, 0.25) is 19.2 Å². The molecule has 2 heterocycles. The number of nitrogen functional groups attached to an aromatic ring is 1. The Hall–Kier alpha value is -4.36. The van der Waals surface area contributed by atoms with Crippen LogP contribution in [0.5, 0.6) is 0 Å². The van der Waals surface area contributed by atoms with Crippen LogP contribution in [0.2, 0.25) is 0 Å². The number of imidazole rings is 1. The number of ether oxygens (including phenoxy) is 3. The van der Waals surface area contributed by atoms with E-state index >= 15 is 0 Å². The molecule has 0 amide bonds. The van der Waals surface area contributed by atoms with Crippen molar-refractivity contribution >= 4 is 36.5 Å². The molecule has 0 atom stereocenters. The summed E-state index contributed by atoms with van der Waals surface area (Å²) in [5.74, 6) is -1.18. The van der Waals surface area contributed by atoms with Gasteiger partial charge in [-0.2, -0.15) is 4.73 Å². The Bertz CT molecular complexity index is 1370. The van der Waals surface area contributed by atoms with E-state index in [2.05, 4.69) is 15.0 Å². The van der Waals surface area contributed by atoms with Crippen LogP contribution >= 0.6 is 7.60 Å². The van der Waals surface area contributed by atoms with E-state index in [0.717, 1.165) is 0 Å². The highest BCUT2D eigenvalue weighted by Crippen LogP contribution is 2.48. The van der Waals surface area contributed by atoms with Crippen LogP contribution in [-0.2, 0) is 27.8 Å². The number of benzene rings is 2. The number of hydrogen-bond acceptors (Lipinski definition) is 13. The lowest BCUT2D eigenvalue weighted by Crippen LogP contribution is -2.18. The second kappa shape index (κ2) is 13.4. The fourth-order valence-corrected chi connectivity index (χ4v) is 4.05. The number of rotatable bonds is 14. The van der Waals surface area contributed by atoms with Crippen molar-refractivity contribution in [1.29, 1.82) is 0 Å². The van der Waals surface area contributed by atoms with Crippen LogP contribution in [0.4, 0.5) is 5.82 Å². The van der Waals surface area contributed by atoms with Gasteiger partial charge < -0.3 is 24.8 Å². The van der Waals surface area contributed by atoms with Crippen LogP contribution in [0.1, 0.15) is 20.7 Å². The van der Waals surface area contributed by atoms with Gasteiger partial charge in [-0.1, -0.05) is 36.4 Å². The first kappa shape index (κ1) is 27.7. The van der Waals surface area contributed by atoms with Gasteiger partial charge in [-0.15, -0.1) is 0 Å².